The first-order chi connectivity index (χ1) is 14.3. The van der Waals surface area contributed by atoms with Crippen LogP contribution in [0.1, 0.15) is 16.1 Å². The van der Waals surface area contributed by atoms with Gasteiger partial charge in [-0.15, -0.1) is 0 Å². The normalized spacial score (nSPS) is 11.5. The number of imidazole rings is 1. The minimum Gasteiger partial charge on any atom is -0.322 e. The molecule has 6 nitrogen and oxygen atoms in total. The second-order valence-electron chi connectivity index (χ2n) is 6.24. The van der Waals surface area contributed by atoms with Gasteiger partial charge in [0.05, 0.1) is 18.1 Å². The van der Waals surface area contributed by atoms with E-state index < -0.39 is 34.8 Å². The predicted octanol–water partition coefficient (Wildman–Crippen LogP) is 4.47. The standard InChI is InChI=1S/C20H13F4N5O/c21-16-6-1-2-7-17(16)29-18(20(22,23)24)15(11-26-29)19(30)27-13-4-3-5-14(10-13)28-9-8-25-12-28/h1-12H,(H,27,30). The Balaban J connectivity index is 1.70. The molecule has 0 radical (unpaired) electrons. The summed E-state index contributed by atoms with van der Waals surface area (Å²) in [6, 6.07) is 11.4. The van der Waals surface area contributed by atoms with Crippen molar-refractivity contribution >= 4 is 11.6 Å². The molecular formula is C20H13F4N5O. The number of nitrogens with one attached hydrogen (secondary N) is 1. The van der Waals surface area contributed by atoms with Crippen LogP contribution >= 0.6 is 0 Å². The second-order valence-corrected chi connectivity index (χ2v) is 6.24. The van der Waals surface area contributed by atoms with Gasteiger partial charge < -0.3 is 9.88 Å². The van der Waals surface area contributed by atoms with E-state index >= 15 is 0 Å². The summed E-state index contributed by atoms with van der Waals surface area (Å²) in [6.07, 6.45) is 0.620. The summed E-state index contributed by atoms with van der Waals surface area (Å²) in [4.78, 5) is 16.6. The number of anilines is 1. The molecule has 0 atom stereocenters. The van der Waals surface area contributed by atoms with Gasteiger partial charge in [0.25, 0.3) is 5.91 Å². The Hall–Kier alpha value is -3.95. The molecule has 2 aromatic heterocycles. The van der Waals surface area contributed by atoms with E-state index in [0.29, 0.717) is 10.4 Å². The van der Waals surface area contributed by atoms with Gasteiger partial charge in [-0.2, -0.15) is 18.3 Å². The van der Waals surface area contributed by atoms with E-state index in [1.54, 1.807) is 41.5 Å². The first-order valence-corrected chi connectivity index (χ1v) is 8.64. The number of benzene rings is 2. The van der Waals surface area contributed by atoms with Crippen molar-refractivity contribution in [2.45, 2.75) is 6.18 Å². The summed E-state index contributed by atoms with van der Waals surface area (Å²) in [5, 5.41) is 6.05. The Labute approximate surface area is 167 Å². The summed E-state index contributed by atoms with van der Waals surface area (Å²) in [7, 11) is 0. The van der Waals surface area contributed by atoms with Gasteiger partial charge in [0.1, 0.15) is 11.5 Å². The third kappa shape index (κ3) is 3.66. The zero-order valence-electron chi connectivity index (χ0n) is 15.1. The highest BCUT2D eigenvalue weighted by Gasteiger charge is 2.41. The van der Waals surface area contributed by atoms with E-state index in [4.69, 9.17) is 0 Å². The molecule has 4 aromatic rings. The maximum absolute atomic E-state index is 14.0. The number of para-hydroxylation sites is 1. The molecule has 0 aliphatic rings. The molecule has 0 fully saturated rings. The number of rotatable bonds is 4. The summed E-state index contributed by atoms with van der Waals surface area (Å²) in [5.41, 5.74) is -1.57. The lowest BCUT2D eigenvalue weighted by Gasteiger charge is -2.13. The fraction of sp³-hybridized carbons (Fsp3) is 0.0500. The van der Waals surface area contributed by atoms with Crippen LogP contribution in [0, 0.1) is 5.82 Å². The molecule has 0 spiro atoms. The maximum atomic E-state index is 14.0. The summed E-state index contributed by atoms with van der Waals surface area (Å²) >= 11 is 0. The second kappa shape index (κ2) is 7.47. The van der Waals surface area contributed by atoms with Crippen LogP contribution in [0.15, 0.2) is 73.4 Å². The molecule has 0 unspecified atom stereocenters. The topological polar surface area (TPSA) is 64.7 Å². The van der Waals surface area contributed by atoms with Gasteiger partial charge in [0.2, 0.25) is 0 Å². The van der Waals surface area contributed by atoms with Crippen molar-refractivity contribution in [2.24, 2.45) is 0 Å². The molecule has 4 rings (SSSR count). The smallest absolute Gasteiger partial charge is 0.322 e. The number of hydrogen-bond donors (Lipinski definition) is 1. The lowest BCUT2D eigenvalue weighted by atomic mass is 10.2. The number of aromatic nitrogens is 4. The van der Waals surface area contributed by atoms with Gasteiger partial charge in [-0.1, -0.05) is 18.2 Å². The minimum absolute atomic E-state index is 0.276. The molecule has 0 aliphatic carbocycles. The minimum atomic E-state index is -4.94. The third-order valence-electron chi connectivity index (χ3n) is 4.27. The molecule has 10 heteroatoms. The molecule has 2 aromatic carbocycles. The van der Waals surface area contributed by atoms with Gasteiger partial charge in [-0.3, -0.25) is 4.79 Å². The Bertz CT molecular complexity index is 1200. The molecule has 2 heterocycles. The average Bonchev–Trinajstić information content (AvgIpc) is 3.38. The molecule has 0 saturated heterocycles. The number of alkyl halides is 3. The Kier molecular flexibility index (Phi) is 4.82. The van der Waals surface area contributed by atoms with Crippen LogP contribution in [0.2, 0.25) is 0 Å². The molecule has 0 saturated carbocycles. The molecule has 1 N–H and O–H groups in total. The summed E-state index contributed by atoms with van der Waals surface area (Å²) in [5.74, 6) is -1.92. The van der Waals surface area contributed by atoms with Crippen LogP contribution < -0.4 is 5.32 Å². The monoisotopic (exact) mass is 415 g/mol. The lowest BCUT2D eigenvalue weighted by molar-refractivity contribution is -0.143. The van der Waals surface area contributed by atoms with Crippen molar-refractivity contribution in [1.82, 2.24) is 19.3 Å². The molecular weight excluding hydrogens is 402 g/mol. The number of nitrogens with zero attached hydrogens (tertiary/aromatic N) is 4. The fourth-order valence-corrected chi connectivity index (χ4v) is 2.95. The van der Waals surface area contributed by atoms with Crippen molar-refractivity contribution in [1.29, 1.82) is 0 Å². The fourth-order valence-electron chi connectivity index (χ4n) is 2.95. The van der Waals surface area contributed by atoms with Crippen LogP contribution in [0.25, 0.3) is 11.4 Å². The maximum Gasteiger partial charge on any atom is 0.434 e. The number of amides is 1. The zero-order valence-corrected chi connectivity index (χ0v) is 15.1. The Morgan fingerprint density at radius 1 is 1.07 bits per heavy atom. The van der Waals surface area contributed by atoms with E-state index in [1.807, 2.05) is 0 Å². The highest BCUT2D eigenvalue weighted by Crippen LogP contribution is 2.34. The highest BCUT2D eigenvalue weighted by atomic mass is 19.4. The summed E-state index contributed by atoms with van der Waals surface area (Å²) < 4.78 is 57.3. The highest BCUT2D eigenvalue weighted by molar-refractivity contribution is 6.05. The van der Waals surface area contributed by atoms with E-state index in [2.05, 4.69) is 15.4 Å². The predicted molar refractivity (Wildman–Crippen MR) is 100 cm³/mol. The molecule has 1 amide bonds. The van der Waals surface area contributed by atoms with Crippen LogP contribution in [0.5, 0.6) is 0 Å². The molecule has 0 aliphatic heterocycles. The van der Waals surface area contributed by atoms with Crippen LogP contribution in [-0.4, -0.2) is 25.2 Å². The number of halogens is 4. The molecule has 0 bridgehead atoms. The lowest BCUT2D eigenvalue weighted by Crippen LogP contribution is -2.21. The quantitative estimate of drug-likeness (QED) is 0.501. The van der Waals surface area contributed by atoms with Crippen molar-refractivity contribution in [2.75, 3.05) is 5.32 Å². The van der Waals surface area contributed by atoms with E-state index in [0.717, 1.165) is 18.3 Å². The van der Waals surface area contributed by atoms with Gasteiger partial charge in [0.15, 0.2) is 5.69 Å². The van der Waals surface area contributed by atoms with Crippen LogP contribution in [-0.2, 0) is 6.18 Å². The first kappa shape index (κ1) is 19.4. The number of hydrogen-bond acceptors (Lipinski definition) is 3. The van der Waals surface area contributed by atoms with Crippen molar-refractivity contribution < 1.29 is 22.4 Å². The van der Waals surface area contributed by atoms with Crippen LogP contribution in [0.4, 0.5) is 23.2 Å². The number of carbonyl (C=O) groups is 1. The van der Waals surface area contributed by atoms with E-state index in [-0.39, 0.29) is 5.69 Å². The van der Waals surface area contributed by atoms with Crippen LogP contribution in [0.3, 0.4) is 0 Å². The SMILES string of the molecule is O=C(Nc1cccc(-n2ccnc2)c1)c1cnn(-c2ccccc2F)c1C(F)(F)F. The molecule has 30 heavy (non-hydrogen) atoms. The van der Waals surface area contributed by atoms with Crippen molar-refractivity contribution in [3.63, 3.8) is 0 Å². The van der Waals surface area contributed by atoms with E-state index in [1.165, 1.54) is 18.2 Å². The largest absolute Gasteiger partial charge is 0.434 e. The summed E-state index contributed by atoms with van der Waals surface area (Å²) in [6.45, 7) is 0. The third-order valence-corrected chi connectivity index (χ3v) is 4.27. The van der Waals surface area contributed by atoms with Gasteiger partial charge in [-0.05, 0) is 30.3 Å². The van der Waals surface area contributed by atoms with Crippen molar-refractivity contribution in [3.05, 3.63) is 90.5 Å². The Morgan fingerprint density at radius 2 is 1.87 bits per heavy atom. The average molecular weight is 415 g/mol. The van der Waals surface area contributed by atoms with Gasteiger partial charge >= 0.3 is 6.18 Å². The zero-order chi connectivity index (χ0) is 21.3. The van der Waals surface area contributed by atoms with Gasteiger partial charge in [0, 0.05) is 23.8 Å². The van der Waals surface area contributed by atoms with E-state index in [9.17, 15) is 22.4 Å². The first-order valence-electron chi connectivity index (χ1n) is 8.64. The molecule has 152 valence electrons. The van der Waals surface area contributed by atoms with Crippen molar-refractivity contribution in [3.8, 4) is 11.4 Å². The Morgan fingerprint density at radius 3 is 2.57 bits per heavy atom. The van der Waals surface area contributed by atoms with Gasteiger partial charge in [-0.25, -0.2) is 14.1 Å². The number of carbonyl (C=O) groups excluding carboxylic acids is 1.